The van der Waals surface area contributed by atoms with Crippen LogP contribution >= 0.6 is 12.2 Å². The molecular formula is C11H14N4S. The second-order valence-electron chi connectivity index (χ2n) is 4.07. The van der Waals surface area contributed by atoms with Crippen molar-refractivity contribution in [1.82, 2.24) is 20.0 Å². The van der Waals surface area contributed by atoms with Crippen LogP contribution in [0.3, 0.4) is 0 Å². The van der Waals surface area contributed by atoms with E-state index < -0.39 is 0 Å². The molecule has 0 aliphatic heterocycles. The molecule has 0 radical (unpaired) electrons. The summed E-state index contributed by atoms with van der Waals surface area (Å²) in [5, 5.41) is 11.3. The maximum Gasteiger partial charge on any atom is 0.175 e. The Morgan fingerprint density at radius 2 is 2.06 bits per heavy atom. The Morgan fingerprint density at radius 1 is 1.31 bits per heavy atom. The molecule has 0 atom stereocenters. The van der Waals surface area contributed by atoms with Crippen molar-refractivity contribution in [1.29, 1.82) is 0 Å². The summed E-state index contributed by atoms with van der Waals surface area (Å²) in [6.07, 6.45) is 0. The molecule has 0 aliphatic carbocycles. The zero-order valence-corrected chi connectivity index (χ0v) is 10.4. The molecule has 84 valence electrons. The van der Waals surface area contributed by atoms with Crippen molar-refractivity contribution < 1.29 is 0 Å². The largest absolute Gasteiger partial charge is 0.295 e. The number of hydrogen-bond acceptors (Lipinski definition) is 3. The van der Waals surface area contributed by atoms with Crippen LogP contribution in [0.2, 0.25) is 0 Å². The van der Waals surface area contributed by atoms with E-state index in [0.29, 0.717) is 5.92 Å². The Morgan fingerprint density at radius 3 is 2.56 bits per heavy atom. The number of nitrogens with zero attached hydrogens (tertiary/aromatic N) is 3. The molecule has 0 aromatic carbocycles. The summed E-state index contributed by atoms with van der Waals surface area (Å²) in [6.45, 7) is 6.14. The Kier molecular flexibility index (Phi) is 2.87. The molecule has 0 spiro atoms. The van der Waals surface area contributed by atoms with Crippen molar-refractivity contribution in [3.05, 3.63) is 34.2 Å². The van der Waals surface area contributed by atoms with Crippen molar-refractivity contribution in [3.8, 4) is 5.82 Å². The fourth-order valence-electron chi connectivity index (χ4n) is 1.39. The minimum absolute atomic E-state index is 0.418. The highest BCUT2D eigenvalue weighted by molar-refractivity contribution is 7.71. The quantitative estimate of drug-likeness (QED) is 0.813. The van der Waals surface area contributed by atoms with E-state index in [4.69, 9.17) is 12.2 Å². The number of aromatic amines is 1. The third-order valence-corrected chi connectivity index (χ3v) is 2.68. The first kappa shape index (κ1) is 11.0. The highest BCUT2D eigenvalue weighted by atomic mass is 32.1. The molecule has 2 rings (SSSR count). The molecular weight excluding hydrogens is 220 g/mol. The summed E-state index contributed by atoms with van der Waals surface area (Å²) < 4.78 is 2.50. The van der Waals surface area contributed by atoms with Gasteiger partial charge in [-0.05, 0) is 31.0 Å². The second kappa shape index (κ2) is 4.17. The van der Waals surface area contributed by atoms with Crippen LogP contribution in [-0.4, -0.2) is 20.0 Å². The van der Waals surface area contributed by atoms with Crippen molar-refractivity contribution in [2.75, 3.05) is 0 Å². The average molecular weight is 234 g/mol. The van der Waals surface area contributed by atoms with E-state index in [1.54, 1.807) is 4.68 Å². The van der Waals surface area contributed by atoms with Crippen molar-refractivity contribution in [3.63, 3.8) is 0 Å². The second-order valence-corrected chi connectivity index (χ2v) is 4.49. The fourth-order valence-corrected chi connectivity index (χ4v) is 1.66. The number of aryl methyl sites for hydroxylation is 1. The fraction of sp³-hybridized carbons (Fsp3) is 0.364. The molecule has 2 aromatic heterocycles. The predicted molar refractivity (Wildman–Crippen MR) is 65.4 cm³/mol. The van der Waals surface area contributed by atoms with Gasteiger partial charge >= 0.3 is 0 Å². The molecule has 2 aromatic rings. The van der Waals surface area contributed by atoms with Crippen LogP contribution in [0.1, 0.15) is 31.2 Å². The summed E-state index contributed by atoms with van der Waals surface area (Å²) >= 11 is 5.27. The van der Waals surface area contributed by atoms with Gasteiger partial charge in [0.25, 0.3) is 0 Å². The monoisotopic (exact) mass is 234 g/mol. The molecule has 16 heavy (non-hydrogen) atoms. The highest BCUT2D eigenvalue weighted by Crippen LogP contribution is 2.14. The average Bonchev–Trinajstić information content (AvgIpc) is 2.62. The molecule has 1 N–H and O–H groups in total. The molecule has 0 unspecified atom stereocenters. The summed E-state index contributed by atoms with van der Waals surface area (Å²) in [6, 6.07) is 5.78. The topological polar surface area (TPSA) is 46.5 Å². The zero-order valence-electron chi connectivity index (χ0n) is 9.56. The minimum atomic E-state index is 0.418. The summed E-state index contributed by atoms with van der Waals surface area (Å²) in [5.41, 5.74) is 2.00. The van der Waals surface area contributed by atoms with E-state index in [0.717, 1.165) is 21.8 Å². The molecule has 0 bridgehead atoms. The number of aromatic nitrogens is 4. The van der Waals surface area contributed by atoms with Gasteiger partial charge in [0, 0.05) is 5.69 Å². The van der Waals surface area contributed by atoms with Gasteiger partial charge in [-0.15, -0.1) is 5.10 Å². The summed E-state index contributed by atoms with van der Waals surface area (Å²) in [7, 11) is 0. The minimum Gasteiger partial charge on any atom is -0.295 e. The Labute approximate surface area is 99.3 Å². The van der Waals surface area contributed by atoms with Crippen molar-refractivity contribution in [2.24, 2.45) is 0 Å². The van der Waals surface area contributed by atoms with Gasteiger partial charge in [-0.3, -0.25) is 5.10 Å². The predicted octanol–water partition coefficient (Wildman–Crippen LogP) is 2.76. The lowest BCUT2D eigenvalue weighted by molar-refractivity contribution is 0.741. The smallest absolute Gasteiger partial charge is 0.175 e. The molecule has 2 heterocycles. The van der Waals surface area contributed by atoms with Gasteiger partial charge in [0.2, 0.25) is 0 Å². The van der Waals surface area contributed by atoms with Gasteiger partial charge in [-0.1, -0.05) is 26.1 Å². The van der Waals surface area contributed by atoms with Crippen LogP contribution in [0, 0.1) is 11.6 Å². The van der Waals surface area contributed by atoms with E-state index in [-0.39, 0.29) is 0 Å². The van der Waals surface area contributed by atoms with Crippen molar-refractivity contribution in [2.45, 2.75) is 26.7 Å². The molecule has 0 amide bonds. The van der Waals surface area contributed by atoms with E-state index in [1.807, 2.05) is 25.1 Å². The normalized spacial score (nSPS) is 11.0. The van der Waals surface area contributed by atoms with Crippen molar-refractivity contribution >= 4 is 12.2 Å². The van der Waals surface area contributed by atoms with E-state index in [9.17, 15) is 0 Å². The van der Waals surface area contributed by atoms with E-state index in [1.165, 1.54) is 0 Å². The molecule has 5 heteroatoms. The highest BCUT2D eigenvalue weighted by Gasteiger charge is 2.06. The van der Waals surface area contributed by atoms with Gasteiger partial charge in [0.1, 0.15) is 4.64 Å². The number of hydrogen-bond donors (Lipinski definition) is 1. The SMILES string of the molecule is Cc1ccc(-n2[nH]c(C(C)C)cc2=S)nn1. The Bertz CT molecular complexity index is 536. The third-order valence-electron chi connectivity index (χ3n) is 2.38. The Hall–Kier alpha value is -1.49. The summed E-state index contributed by atoms with van der Waals surface area (Å²) in [5.74, 6) is 1.14. The molecule has 0 saturated heterocycles. The lowest BCUT2D eigenvalue weighted by Crippen LogP contribution is -2.02. The van der Waals surface area contributed by atoms with E-state index >= 15 is 0 Å². The molecule has 0 fully saturated rings. The molecule has 0 saturated carbocycles. The van der Waals surface area contributed by atoms with Gasteiger partial charge < -0.3 is 0 Å². The first-order valence-electron chi connectivity index (χ1n) is 5.20. The van der Waals surface area contributed by atoms with Crippen LogP contribution < -0.4 is 0 Å². The van der Waals surface area contributed by atoms with Gasteiger partial charge in [-0.2, -0.15) is 5.10 Å². The van der Waals surface area contributed by atoms with Crippen LogP contribution in [0.15, 0.2) is 18.2 Å². The lowest BCUT2D eigenvalue weighted by Gasteiger charge is -2.02. The Balaban J connectivity index is 2.48. The molecule has 4 nitrogen and oxygen atoms in total. The standard InChI is InChI=1S/C11H14N4S/c1-7(2)9-6-11(16)15(14-9)10-5-4-8(3)12-13-10/h4-7,14H,1-3H3. The summed E-state index contributed by atoms with van der Waals surface area (Å²) in [4.78, 5) is 0. The number of H-pyrrole nitrogens is 1. The molecule has 0 aliphatic rings. The van der Waals surface area contributed by atoms with Gasteiger partial charge in [0.05, 0.1) is 5.69 Å². The van der Waals surface area contributed by atoms with Crippen LogP contribution in [0.5, 0.6) is 0 Å². The first-order chi connectivity index (χ1) is 7.58. The number of rotatable bonds is 2. The zero-order chi connectivity index (χ0) is 11.7. The van der Waals surface area contributed by atoms with Crippen LogP contribution in [0.4, 0.5) is 0 Å². The van der Waals surface area contributed by atoms with E-state index in [2.05, 4.69) is 29.1 Å². The third kappa shape index (κ3) is 2.04. The maximum atomic E-state index is 5.27. The first-order valence-corrected chi connectivity index (χ1v) is 5.61. The van der Waals surface area contributed by atoms with Crippen LogP contribution in [0.25, 0.3) is 5.82 Å². The van der Waals surface area contributed by atoms with Gasteiger partial charge in [-0.25, -0.2) is 4.68 Å². The van der Waals surface area contributed by atoms with Crippen LogP contribution in [-0.2, 0) is 0 Å². The number of nitrogens with one attached hydrogen (secondary N) is 1. The lowest BCUT2D eigenvalue weighted by atomic mass is 10.1. The maximum absolute atomic E-state index is 5.27. The van der Waals surface area contributed by atoms with Gasteiger partial charge in [0.15, 0.2) is 5.82 Å².